The monoisotopic (exact) mass is 659 g/mol. The Morgan fingerprint density at radius 3 is 2.15 bits per heavy atom. The van der Waals surface area contributed by atoms with E-state index in [-0.39, 0.29) is 41.8 Å². The summed E-state index contributed by atoms with van der Waals surface area (Å²) in [5.41, 5.74) is 1.69. The predicted molar refractivity (Wildman–Crippen MR) is 177 cm³/mol. The number of carbonyl (C=O) groups is 2. The van der Waals surface area contributed by atoms with Crippen LogP contribution in [0.3, 0.4) is 0 Å². The molecule has 4 aromatic rings. The van der Waals surface area contributed by atoms with Gasteiger partial charge in [0.1, 0.15) is 31.6 Å². The fourth-order valence-corrected chi connectivity index (χ4v) is 6.72. The lowest BCUT2D eigenvalue weighted by Crippen LogP contribution is -2.53. The second-order valence-corrected chi connectivity index (χ2v) is 13.0. The molecule has 0 aliphatic carbocycles. The van der Waals surface area contributed by atoms with Crippen molar-refractivity contribution >= 4 is 27.5 Å². The Bertz CT molecular complexity index is 1750. The van der Waals surface area contributed by atoms with Crippen molar-refractivity contribution in [3.8, 4) is 11.5 Å². The normalized spacial score (nSPS) is 13.0. The maximum atomic E-state index is 14.5. The van der Waals surface area contributed by atoms with Gasteiger partial charge < -0.3 is 19.7 Å². The molecule has 2 amide bonds. The zero-order valence-corrected chi connectivity index (χ0v) is 27.0. The maximum Gasteiger partial charge on any atom is 0.264 e. The Morgan fingerprint density at radius 1 is 0.851 bits per heavy atom. The molecule has 0 saturated heterocycles. The lowest BCUT2D eigenvalue weighted by Gasteiger charge is -2.34. The number of amides is 2. The van der Waals surface area contributed by atoms with E-state index in [2.05, 4.69) is 5.32 Å². The Morgan fingerprint density at radius 2 is 1.49 bits per heavy atom. The van der Waals surface area contributed by atoms with Gasteiger partial charge in [0, 0.05) is 25.6 Å². The lowest BCUT2D eigenvalue weighted by molar-refractivity contribution is -0.140. The zero-order chi connectivity index (χ0) is 33.2. The summed E-state index contributed by atoms with van der Waals surface area (Å²) in [4.78, 5) is 29.6. The van der Waals surface area contributed by atoms with E-state index in [1.54, 1.807) is 0 Å². The van der Waals surface area contributed by atoms with Gasteiger partial charge in [-0.15, -0.1) is 0 Å². The minimum atomic E-state index is -4.40. The summed E-state index contributed by atoms with van der Waals surface area (Å²) in [6.07, 6.45) is 1.85. The van der Waals surface area contributed by atoms with E-state index in [4.69, 9.17) is 9.47 Å². The van der Waals surface area contributed by atoms with Crippen LogP contribution in [0.1, 0.15) is 30.9 Å². The molecule has 11 heteroatoms. The molecular weight excluding hydrogens is 621 g/mol. The molecule has 47 heavy (non-hydrogen) atoms. The van der Waals surface area contributed by atoms with E-state index < -0.39 is 34.3 Å². The van der Waals surface area contributed by atoms with Crippen molar-refractivity contribution in [2.45, 2.75) is 43.7 Å². The van der Waals surface area contributed by atoms with Gasteiger partial charge in [-0.2, -0.15) is 0 Å². The smallest absolute Gasteiger partial charge is 0.264 e. The summed E-state index contributed by atoms with van der Waals surface area (Å²) in [6, 6.07) is 26.7. The molecule has 246 valence electrons. The Kier molecular flexibility index (Phi) is 11.1. The number of benzene rings is 4. The van der Waals surface area contributed by atoms with E-state index in [1.165, 1.54) is 35.2 Å². The van der Waals surface area contributed by atoms with Crippen molar-refractivity contribution in [1.29, 1.82) is 0 Å². The second-order valence-electron chi connectivity index (χ2n) is 11.2. The van der Waals surface area contributed by atoms with Gasteiger partial charge in [-0.05, 0) is 53.9 Å². The van der Waals surface area contributed by atoms with E-state index in [0.717, 1.165) is 40.4 Å². The number of nitrogens with zero attached hydrogens (tertiary/aromatic N) is 2. The number of carbonyl (C=O) groups excluding carboxylic acids is 2. The minimum Gasteiger partial charge on any atom is -0.486 e. The number of halogens is 1. The van der Waals surface area contributed by atoms with E-state index in [1.807, 2.05) is 67.6 Å². The molecule has 5 rings (SSSR count). The third-order valence-corrected chi connectivity index (χ3v) is 9.56. The van der Waals surface area contributed by atoms with Crippen molar-refractivity contribution < 1.29 is 31.9 Å². The Hall–Kier alpha value is -4.90. The quantitative estimate of drug-likeness (QED) is 0.183. The molecule has 1 aliphatic heterocycles. The van der Waals surface area contributed by atoms with Crippen LogP contribution in [0, 0.1) is 5.82 Å². The molecule has 9 nitrogen and oxygen atoms in total. The number of hydrogen-bond donors (Lipinski definition) is 1. The zero-order valence-electron chi connectivity index (χ0n) is 26.2. The standard InChI is InChI=1S/C36H38FN3O6S/c1-2-3-20-38-36(42)32(23-27-10-6-4-7-11-27)39(25-28-12-8-5-9-13-28)35(41)26-40(30-16-14-29(37)15-17-30)47(43,44)31-18-19-33-34(24-31)46-22-21-45-33/h4-19,24,32H,2-3,20-23,25-26H2,1H3,(H,38,42). The summed E-state index contributed by atoms with van der Waals surface area (Å²) in [5, 5.41) is 2.97. The number of rotatable bonds is 14. The van der Waals surface area contributed by atoms with Crippen molar-refractivity contribution in [2.24, 2.45) is 0 Å². The maximum absolute atomic E-state index is 14.5. The van der Waals surface area contributed by atoms with Gasteiger partial charge in [-0.3, -0.25) is 13.9 Å². The van der Waals surface area contributed by atoms with E-state index in [0.29, 0.717) is 18.9 Å². The Labute approximate surface area is 275 Å². The number of unbranched alkanes of at least 4 members (excludes halogenated alkanes) is 1. The van der Waals surface area contributed by atoms with Crippen molar-refractivity contribution in [3.05, 3.63) is 120 Å². The topological polar surface area (TPSA) is 105 Å². The highest BCUT2D eigenvalue weighted by Crippen LogP contribution is 2.34. The van der Waals surface area contributed by atoms with Crippen molar-refractivity contribution in [3.63, 3.8) is 0 Å². The minimum absolute atomic E-state index is 0.0553. The first-order chi connectivity index (χ1) is 22.8. The van der Waals surface area contributed by atoms with Crippen LogP contribution in [-0.4, -0.2) is 57.5 Å². The summed E-state index contributed by atoms with van der Waals surface area (Å²) in [7, 11) is -4.40. The van der Waals surface area contributed by atoms with Crippen molar-refractivity contribution in [2.75, 3.05) is 30.6 Å². The van der Waals surface area contributed by atoms with Gasteiger partial charge in [0.2, 0.25) is 11.8 Å². The first-order valence-electron chi connectivity index (χ1n) is 15.6. The van der Waals surface area contributed by atoms with Gasteiger partial charge in [0.05, 0.1) is 10.6 Å². The van der Waals surface area contributed by atoms with Gasteiger partial charge in [-0.25, -0.2) is 12.8 Å². The van der Waals surface area contributed by atoms with Crippen LogP contribution in [0.25, 0.3) is 0 Å². The van der Waals surface area contributed by atoms with Crippen molar-refractivity contribution in [1.82, 2.24) is 10.2 Å². The fourth-order valence-electron chi connectivity index (χ4n) is 5.29. The van der Waals surface area contributed by atoms with Gasteiger partial charge >= 0.3 is 0 Å². The molecule has 0 bridgehead atoms. The molecule has 0 spiro atoms. The van der Waals surface area contributed by atoms with Crippen LogP contribution in [0.5, 0.6) is 11.5 Å². The summed E-state index contributed by atoms with van der Waals surface area (Å²) in [6.45, 7) is 2.46. The van der Waals surface area contributed by atoms with Crippen LogP contribution in [0.15, 0.2) is 108 Å². The molecule has 1 aliphatic rings. The van der Waals surface area contributed by atoms with Crippen LogP contribution in [0.2, 0.25) is 0 Å². The molecule has 0 aromatic heterocycles. The van der Waals surface area contributed by atoms with Gasteiger partial charge in [0.25, 0.3) is 10.0 Å². The fraction of sp³-hybridized carbons (Fsp3) is 0.278. The SMILES string of the molecule is CCCCNC(=O)C(Cc1ccccc1)N(Cc1ccccc1)C(=O)CN(c1ccc(F)cc1)S(=O)(=O)c1ccc2c(c1)OCCO2. The number of sulfonamides is 1. The number of nitrogens with one attached hydrogen (secondary N) is 1. The van der Waals surface area contributed by atoms with Gasteiger partial charge in [-0.1, -0.05) is 74.0 Å². The van der Waals surface area contributed by atoms with Crippen LogP contribution in [0.4, 0.5) is 10.1 Å². The third kappa shape index (κ3) is 8.48. The number of hydrogen-bond acceptors (Lipinski definition) is 6. The molecule has 0 radical (unpaired) electrons. The summed E-state index contributed by atoms with van der Waals surface area (Å²) >= 11 is 0. The first kappa shape index (κ1) is 33.5. The molecule has 1 heterocycles. The van der Waals surface area contributed by atoms with Crippen LogP contribution in [-0.2, 0) is 32.6 Å². The number of fused-ring (bicyclic) bond motifs is 1. The second kappa shape index (κ2) is 15.6. The summed E-state index contributed by atoms with van der Waals surface area (Å²) in [5.74, 6) is -0.832. The highest BCUT2D eigenvalue weighted by Gasteiger charge is 2.35. The third-order valence-electron chi connectivity index (χ3n) is 7.79. The highest BCUT2D eigenvalue weighted by molar-refractivity contribution is 7.92. The molecule has 1 atom stereocenters. The summed E-state index contributed by atoms with van der Waals surface area (Å²) < 4.78 is 54.7. The highest BCUT2D eigenvalue weighted by atomic mass is 32.2. The Balaban J connectivity index is 1.55. The van der Waals surface area contributed by atoms with E-state index >= 15 is 0 Å². The molecular formula is C36H38FN3O6S. The number of anilines is 1. The molecule has 0 saturated carbocycles. The predicted octanol–water partition coefficient (Wildman–Crippen LogP) is 5.35. The van der Waals surface area contributed by atoms with Gasteiger partial charge in [0.15, 0.2) is 11.5 Å². The van der Waals surface area contributed by atoms with Crippen LogP contribution >= 0.6 is 0 Å². The first-order valence-corrected chi connectivity index (χ1v) is 17.0. The largest absolute Gasteiger partial charge is 0.486 e. The molecule has 4 aromatic carbocycles. The lowest BCUT2D eigenvalue weighted by atomic mass is 10.0. The molecule has 1 N–H and O–H groups in total. The average molecular weight is 660 g/mol. The molecule has 1 unspecified atom stereocenters. The number of ether oxygens (including phenoxy) is 2. The molecule has 0 fully saturated rings. The van der Waals surface area contributed by atoms with Crippen LogP contribution < -0.4 is 19.1 Å². The van der Waals surface area contributed by atoms with E-state index in [9.17, 15) is 22.4 Å². The average Bonchev–Trinajstić information content (AvgIpc) is 3.09.